The van der Waals surface area contributed by atoms with Crippen molar-refractivity contribution in [1.82, 2.24) is 19.5 Å². The van der Waals surface area contributed by atoms with Crippen molar-refractivity contribution in [3.05, 3.63) is 29.8 Å². The highest BCUT2D eigenvalue weighted by molar-refractivity contribution is 7.90. The Morgan fingerprint density at radius 1 is 1.20 bits per heavy atom. The van der Waals surface area contributed by atoms with Gasteiger partial charge in [-0.3, -0.25) is 5.32 Å². The van der Waals surface area contributed by atoms with Gasteiger partial charge >= 0.3 is 18.0 Å². The number of ether oxygens (including phenoxy) is 2. The van der Waals surface area contributed by atoms with Crippen molar-refractivity contribution >= 4 is 28.0 Å². The minimum Gasteiger partial charge on any atom is -0.467 e. The van der Waals surface area contributed by atoms with Crippen LogP contribution in [0.15, 0.2) is 29.2 Å². The molecule has 0 aliphatic carbocycles. The number of rotatable bonds is 5. The van der Waals surface area contributed by atoms with Crippen molar-refractivity contribution in [1.29, 1.82) is 0 Å². The maximum Gasteiger partial charge on any atom is 0.339 e. The lowest BCUT2D eigenvalue weighted by Gasteiger charge is -2.10. The summed E-state index contributed by atoms with van der Waals surface area (Å²) in [4.78, 5) is 27.0. The number of hydrogen-bond acceptors (Lipinski definition) is 8. The number of aromatic nitrogens is 3. The molecule has 0 radical (unpaired) electrons. The highest BCUT2D eigenvalue weighted by Crippen LogP contribution is 2.16. The maximum absolute atomic E-state index is 12.4. The molecule has 2 N–H and O–H groups in total. The Kier molecular flexibility index (Phi) is 5.22. The second kappa shape index (κ2) is 7.17. The lowest BCUT2D eigenvalue weighted by atomic mass is 10.2. The molecule has 2 aromatic rings. The van der Waals surface area contributed by atoms with Crippen LogP contribution in [0, 0.1) is 0 Å². The minimum atomic E-state index is -4.33. The van der Waals surface area contributed by atoms with E-state index < -0.39 is 26.9 Å². The number of anilines is 1. The highest BCUT2D eigenvalue weighted by Gasteiger charge is 2.25. The van der Waals surface area contributed by atoms with Crippen LogP contribution in [0.4, 0.5) is 10.7 Å². The standard InChI is InChI=1S/C13H15N5O6S/c1-18-13(24-3)15-11(16-18)14-12(20)17-25(21,22)9-7-5-4-6-8(9)10(19)23-2/h4-7H,1-3H3,(H2,14,16,17,20). The van der Waals surface area contributed by atoms with Crippen LogP contribution in [0.25, 0.3) is 0 Å². The third-order valence-corrected chi connectivity index (χ3v) is 4.33. The Labute approximate surface area is 143 Å². The quantitative estimate of drug-likeness (QED) is 0.708. The van der Waals surface area contributed by atoms with Crippen molar-refractivity contribution in [3.8, 4) is 6.01 Å². The Morgan fingerprint density at radius 3 is 2.48 bits per heavy atom. The molecule has 2 amide bonds. The number of nitrogens with zero attached hydrogens (tertiary/aromatic N) is 3. The number of methoxy groups -OCH3 is 2. The SMILES string of the molecule is COC(=O)c1ccccc1S(=O)(=O)NC(=O)Nc1nc(OC)n(C)n1. The van der Waals surface area contributed by atoms with E-state index in [1.807, 2.05) is 0 Å². The third kappa shape index (κ3) is 4.03. The summed E-state index contributed by atoms with van der Waals surface area (Å²) in [6, 6.07) is 4.33. The van der Waals surface area contributed by atoms with Gasteiger partial charge in [-0.25, -0.2) is 27.4 Å². The van der Waals surface area contributed by atoms with Crippen LogP contribution in [0.3, 0.4) is 0 Å². The van der Waals surface area contributed by atoms with Gasteiger partial charge in [0.05, 0.1) is 19.8 Å². The van der Waals surface area contributed by atoms with E-state index in [0.29, 0.717) is 0 Å². The van der Waals surface area contributed by atoms with E-state index in [-0.39, 0.29) is 17.5 Å². The third-order valence-electron chi connectivity index (χ3n) is 2.94. The van der Waals surface area contributed by atoms with Gasteiger partial charge in [-0.05, 0) is 12.1 Å². The Hall–Kier alpha value is -3.15. The first kappa shape index (κ1) is 18.2. The number of urea groups is 1. The fraction of sp³-hybridized carbons (Fsp3) is 0.231. The molecular weight excluding hydrogens is 354 g/mol. The van der Waals surface area contributed by atoms with Gasteiger partial charge in [0.1, 0.15) is 4.90 Å². The van der Waals surface area contributed by atoms with E-state index in [0.717, 1.165) is 7.11 Å². The van der Waals surface area contributed by atoms with E-state index in [1.54, 1.807) is 4.72 Å². The van der Waals surface area contributed by atoms with Crippen LogP contribution >= 0.6 is 0 Å². The number of esters is 1. The normalized spacial score (nSPS) is 10.8. The average molecular weight is 369 g/mol. The van der Waals surface area contributed by atoms with E-state index in [2.05, 4.69) is 20.1 Å². The van der Waals surface area contributed by atoms with Gasteiger partial charge in [-0.15, -0.1) is 5.10 Å². The summed E-state index contributed by atoms with van der Waals surface area (Å²) in [7, 11) is -0.324. The van der Waals surface area contributed by atoms with Crippen LogP contribution in [0.2, 0.25) is 0 Å². The molecule has 0 fully saturated rings. The highest BCUT2D eigenvalue weighted by atomic mass is 32.2. The fourth-order valence-electron chi connectivity index (χ4n) is 1.88. The lowest BCUT2D eigenvalue weighted by Crippen LogP contribution is -2.35. The summed E-state index contributed by atoms with van der Waals surface area (Å²) in [5, 5.41) is 5.98. The second-order valence-corrected chi connectivity index (χ2v) is 6.24. The summed E-state index contributed by atoms with van der Waals surface area (Å²) in [5.41, 5.74) is -0.206. The molecule has 1 aromatic heterocycles. The molecule has 0 spiro atoms. The van der Waals surface area contributed by atoms with Gasteiger partial charge in [0, 0.05) is 7.05 Å². The van der Waals surface area contributed by atoms with Crippen molar-refractivity contribution in [2.75, 3.05) is 19.5 Å². The van der Waals surface area contributed by atoms with Gasteiger partial charge in [0.2, 0.25) is 0 Å². The number of hydrogen-bond donors (Lipinski definition) is 2. The van der Waals surface area contributed by atoms with Crippen LogP contribution in [-0.2, 0) is 21.8 Å². The van der Waals surface area contributed by atoms with Crippen molar-refractivity contribution in [3.63, 3.8) is 0 Å². The molecule has 0 aliphatic rings. The summed E-state index contributed by atoms with van der Waals surface area (Å²) in [6.45, 7) is 0. The van der Waals surface area contributed by atoms with E-state index >= 15 is 0 Å². The minimum absolute atomic E-state index is 0.120. The topological polar surface area (TPSA) is 142 Å². The van der Waals surface area contributed by atoms with Crippen molar-refractivity contribution in [2.45, 2.75) is 4.90 Å². The number of amides is 2. The summed E-state index contributed by atoms with van der Waals surface area (Å²) in [5.74, 6) is -1.01. The van der Waals surface area contributed by atoms with E-state index in [1.165, 1.54) is 43.1 Å². The van der Waals surface area contributed by atoms with Gasteiger partial charge in [0.25, 0.3) is 16.0 Å². The monoisotopic (exact) mass is 369 g/mol. The number of aryl methyl sites for hydroxylation is 1. The zero-order valence-corrected chi connectivity index (χ0v) is 14.3. The van der Waals surface area contributed by atoms with Gasteiger partial charge in [-0.2, -0.15) is 4.98 Å². The average Bonchev–Trinajstić information content (AvgIpc) is 2.92. The lowest BCUT2D eigenvalue weighted by molar-refractivity contribution is 0.0596. The van der Waals surface area contributed by atoms with Gasteiger partial charge < -0.3 is 9.47 Å². The molecule has 2 rings (SSSR count). The first-order valence-electron chi connectivity index (χ1n) is 6.74. The van der Waals surface area contributed by atoms with E-state index in [4.69, 9.17) is 4.74 Å². The zero-order chi connectivity index (χ0) is 18.6. The molecule has 1 heterocycles. The first-order valence-corrected chi connectivity index (χ1v) is 8.23. The molecule has 0 saturated heterocycles. The van der Waals surface area contributed by atoms with Crippen molar-refractivity contribution in [2.24, 2.45) is 7.05 Å². The predicted octanol–water partition coefficient (Wildman–Crippen LogP) is 0.121. The fourth-order valence-corrected chi connectivity index (χ4v) is 2.99. The number of nitrogens with one attached hydrogen (secondary N) is 2. The van der Waals surface area contributed by atoms with E-state index in [9.17, 15) is 18.0 Å². The smallest absolute Gasteiger partial charge is 0.339 e. The van der Waals surface area contributed by atoms with Gasteiger partial charge in [-0.1, -0.05) is 12.1 Å². The first-order chi connectivity index (χ1) is 11.8. The van der Waals surface area contributed by atoms with Crippen LogP contribution in [0.1, 0.15) is 10.4 Å². The number of carbonyl (C=O) groups excluding carboxylic acids is 2. The number of carbonyl (C=O) groups is 2. The Balaban J connectivity index is 2.21. The number of sulfonamides is 1. The molecule has 0 aliphatic heterocycles. The van der Waals surface area contributed by atoms with Crippen LogP contribution in [0.5, 0.6) is 6.01 Å². The molecular formula is C13H15N5O6S. The summed E-state index contributed by atoms with van der Waals surface area (Å²) in [6.07, 6.45) is 0. The molecule has 0 unspecified atom stereocenters. The molecule has 134 valence electrons. The van der Waals surface area contributed by atoms with Crippen LogP contribution in [-0.4, -0.2) is 49.4 Å². The summed E-state index contributed by atoms with van der Waals surface area (Å²) >= 11 is 0. The van der Waals surface area contributed by atoms with Crippen molar-refractivity contribution < 1.29 is 27.5 Å². The molecule has 11 nitrogen and oxygen atoms in total. The molecule has 12 heteroatoms. The largest absolute Gasteiger partial charge is 0.467 e. The summed E-state index contributed by atoms with van der Waals surface area (Å²) < 4.78 is 37.1. The maximum atomic E-state index is 12.4. The second-order valence-electron chi connectivity index (χ2n) is 4.59. The van der Waals surface area contributed by atoms with Gasteiger partial charge in [0.15, 0.2) is 0 Å². The predicted molar refractivity (Wildman–Crippen MR) is 84.7 cm³/mol. The molecule has 0 bridgehead atoms. The Bertz CT molecular complexity index is 907. The van der Waals surface area contributed by atoms with Crippen LogP contribution < -0.4 is 14.8 Å². The Morgan fingerprint density at radius 2 is 1.88 bits per heavy atom. The molecule has 1 aromatic carbocycles. The molecule has 25 heavy (non-hydrogen) atoms. The molecule has 0 saturated carbocycles. The molecule has 0 atom stereocenters. The number of benzene rings is 1. The zero-order valence-electron chi connectivity index (χ0n) is 13.5.